The van der Waals surface area contributed by atoms with E-state index in [0.717, 1.165) is 0 Å². The Morgan fingerprint density at radius 3 is 2.64 bits per heavy atom. The largest absolute Gasteiger partial charge is 0.394 e. The summed E-state index contributed by atoms with van der Waals surface area (Å²) in [5.41, 5.74) is 0. The van der Waals surface area contributed by atoms with Gasteiger partial charge in [0.25, 0.3) is 0 Å². The van der Waals surface area contributed by atoms with E-state index in [-0.39, 0.29) is 6.61 Å². The first-order chi connectivity index (χ1) is 5.20. The van der Waals surface area contributed by atoms with Crippen LogP contribution in [0.3, 0.4) is 0 Å². The van der Waals surface area contributed by atoms with Crippen LogP contribution < -0.4 is 0 Å². The number of hydrogen-bond donors (Lipinski definition) is 3. The van der Waals surface area contributed by atoms with Crippen molar-refractivity contribution in [1.82, 2.24) is 0 Å². The monoisotopic (exact) mass is 182 g/mol. The van der Waals surface area contributed by atoms with Crippen LogP contribution in [0.1, 0.15) is 0 Å². The summed E-state index contributed by atoms with van der Waals surface area (Å²) in [6.45, 7) is -1.14. The highest BCUT2D eigenvalue weighted by atomic mass is 32.2. The third-order valence-corrected chi connectivity index (χ3v) is 1.32. The highest BCUT2D eigenvalue weighted by Gasteiger charge is 2.05. The van der Waals surface area contributed by atoms with Crippen LogP contribution in [0.4, 0.5) is 0 Å². The fourth-order valence-corrected chi connectivity index (χ4v) is 0.667. The van der Waals surface area contributed by atoms with Gasteiger partial charge in [0.1, 0.15) is 12.7 Å². The molecule has 0 aliphatic heterocycles. The lowest BCUT2D eigenvalue weighted by molar-refractivity contribution is -0.113. The Bertz CT molecular complexity index is 117. The van der Waals surface area contributed by atoms with Crippen molar-refractivity contribution in [3.63, 3.8) is 0 Å². The maximum absolute atomic E-state index is 10.3. The van der Waals surface area contributed by atoms with E-state index in [1.54, 1.807) is 0 Å². The maximum atomic E-state index is 10.3. The molecular weight excluding hydrogens is 172 g/mol. The summed E-state index contributed by atoms with van der Waals surface area (Å²) in [5.74, 6) is 0. The van der Waals surface area contributed by atoms with Gasteiger partial charge >= 0.3 is 0 Å². The molecule has 0 rings (SSSR count). The molecule has 0 heterocycles. The van der Waals surface area contributed by atoms with Gasteiger partial charge in [-0.1, -0.05) is 0 Å². The van der Waals surface area contributed by atoms with Crippen molar-refractivity contribution in [3.05, 3.63) is 0 Å². The van der Waals surface area contributed by atoms with E-state index >= 15 is 0 Å². The van der Waals surface area contributed by atoms with Gasteiger partial charge in [0.05, 0.1) is 25.3 Å². The summed E-state index contributed by atoms with van der Waals surface area (Å²) in [7, 11) is 0. The zero-order valence-electron chi connectivity index (χ0n) is 5.77. The summed E-state index contributed by atoms with van der Waals surface area (Å²) in [5, 5.41) is 24.6. The second-order valence-corrected chi connectivity index (χ2v) is 2.59. The minimum atomic E-state index is -0.978. The van der Waals surface area contributed by atoms with Crippen molar-refractivity contribution in [2.45, 2.75) is 6.10 Å². The number of rotatable bonds is 5. The van der Waals surface area contributed by atoms with Gasteiger partial charge in [-0.3, -0.25) is 4.79 Å². The molecule has 0 saturated heterocycles. The van der Waals surface area contributed by atoms with Gasteiger partial charge in [-0.15, -0.1) is 0 Å². The second-order valence-electron chi connectivity index (χ2n) is 1.73. The van der Waals surface area contributed by atoms with Crippen molar-refractivity contribution in [2.24, 2.45) is 0 Å². The standard InChI is InChI=1S/C5H10O5S/c6-1-4(8)3-10-11-5(9)2-7/h4,6-8H,1-3H2. The Kier molecular flexibility index (Phi) is 6.48. The van der Waals surface area contributed by atoms with Crippen molar-refractivity contribution in [2.75, 3.05) is 19.8 Å². The Hall–Kier alpha value is -0.140. The van der Waals surface area contributed by atoms with Crippen LogP contribution in [0.5, 0.6) is 0 Å². The molecule has 0 aliphatic rings. The molecule has 1 atom stereocenters. The van der Waals surface area contributed by atoms with Gasteiger partial charge in [0, 0.05) is 0 Å². The first-order valence-corrected chi connectivity index (χ1v) is 3.67. The number of carbonyl (C=O) groups excluding carboxylic acids is 1. The van der Waals surface area contributed by atoms with Gasteiger partial charge in [-0.05, 0) is 0 Å². The van der Waals surface area contributed by atoms with E-state index in [0.29, 0.717) is 12.0 Å². The van der Waals surface area contributed by atoms with Crippen LogP contribution in [-0.4, -0.2) is 46.4 Å². The number of hydrogen-bond acceptors (Lipinski definition) is 6. The highest BCUT2D eigenvalue weighted by Crippen LogP contribution is 2.03. The molecule has 0 spiro atoms. The second kappa shape index (κ2) is 6.56. The Morgan fingerprint density at radius 1 is 1.55 bits per heavy atom. The molecule has 0 bridgehead atoms. The quantitative estimate of drug-likeness (QED) is 0.450. The first-order valence-electron chi connectivity index (χ1n) is 2.92. The summed E-state index contributed by atoms with van der Waals surface area (Å²) in [4.78, 5) is 10.3. The minimum Gasteiger partial charge on any atom is -0.394 e. The topological polar surface area (TPSA) is 87.0 Å². The van der Waals surface area contributed by atoms with E-state index in [4.69, 9.17) is 15.3 Å². The predicted octanol–water partition coefficient (Wildman–Crippen LogP) is -1.48. The third-order valence-electron chi connectivity index (χ3n) is 0.752. The van der Waals surface area contributed by atoms with Crippen LogP contribution in [-0.2, 0) is 8.98 Å². The lowest BCUT2D eigenvalue weighted by atomic mass is 10.4. The molecular formula is C5H10O5S. The fourth-order valence-electron chi connectivity index (χ4n) is 0.257. The van der Waals surface area contributed by atoms with Crippen LogP contribution >= 0.6 is 12.0 Å². The smallest absolute Gasteiger partial charge is 0.240 e. The summed E-state index contributed by atoms with van der Waals surface area (Å²) in [6.07, 6.45) is -0.978. The van der Waals surface area contributed by atoms with Crippen LogP contribution in [0.2, 0.25) is 0 Å². The van der Waals surface area contributed by atoms with Gasteiger partial charge in [-0.2, -0.15) is 0 Å². The normalized spacial score (nSPS) is 13.0. The zero-order chi connectivity index (χ0) is 8.69. The zero-order valence-corrected chi connectivity index (χ0v) is 6.58. The Balaban J connectivity index is 3.20. The molecule has 0 saturated carbocycles. The molecule has 0 fully saturated rings. The van der Waals surface area contributed by atoms with E-state index < -0.39 is 24.4 Å². The van der Waals surface area contributed by atoms with Crippen molar-refractivity contribution < 1.29 is 24.3 Å². The van der Waals surface area contributed by atoms with E-state index in [2.05, 4.69) is 4.18 Å². The molecule has 1 unspecified atom stereocenters. The molecule has 0 aromatic heterocycles. The number of aliphatic hydroxyl groups excluding tert-OH is 3. The molecule has 0 radical (unpaired) electrons. The third kappa shape index (κ3) is 6.27. The number of carbonyl (C=O) groups is 1. The molecule has 6 heteroatoms. The first kappa shape index (κ1) is 10.9. The van der Waals surface area contributed by atoms with Crippen molar-refractivity contribution in [1.29, 1.82) is 0 Å². The van der Waals surface area contributed by atoms with Gasteiger partial charge in [0.2, 0.25) is 5.12 Å². The van der Waals surface area contributed by atoms with Crippen molar-refractivity contribution in [3.8, 4) is 0 Å². The minimum absolute atomic E-state index is 0.132. The average molecular weight is 182 g/mol. The van der Waals surface area contributed by atoms with Gasteiger partial charge in [-0.25, -0.2) is 0 Å². The molecule has 66 valence electrons. The van der Waals surface area contributed by atoms with Gasteiger partial charge < -0.3 is 19.5 Å². The van der Waals surface area contributed by atoms with Gasteiger partial charge in [0.15, 0.2) is 0 Å². The van der Waals surface area contributed by atoms with Crippen LogP contribution in [0.15, 0.2) is 0 Å². The average Bonchev–Trinajstić information content (AvgIpc) is 2.04. The fraction of sp³-hybridized carbons (Fsp3) is 0.800. The highest BCUT2D eigenvalue weighted by molar-refractivity contribution is 8.09. The number of aliphatic hydroxyl groups is 3. The van der Waals surface area contributed by atoms with E-state index in [9.17, 15) is 4.79 Å². The summed E-state index contributed by atoms with van der Waals surface area (Å²) >= 11 is 0.460. The molecule has 0 aromatic rings. The molecule has 0 aromatic carbocycles. The van der Waals surface area contributed by atoms with Crippen LogP contribution in [0, 0.1) is 0 Å². The predicted molar refractivity (Wildman–Crippen MR) is 38.7 cm³/mol. The summed E-state index contributed by atoms with van der Waals surface area (Å²) in [6, 6.07) is 0. The van der Waals surface area contributed by atoms with E-state index in [1.807, 2.05) is 0 Å². The Morgan fingerprint density at radius 2 is 2.18 bits per heavy atom. The molecule has 0 amide bonds. The van der Waals surface area contributed by atoms with Crippen LogP contribution in [0.25, 0.3) is 0 Å². The molecule has 5 nitrogen and oxygen atoms in total. The SMILES string of the molecule is O=C(CO)SOCC(O)CO. The molecule has 3 N–H and O–H groups in total. The maximum Gasteiger partial charge on any atom is 0.240 e. The molecule has 0 aliphatic carbocycles. The Labute approximate surface area is 68.2 Å². The summed E-state index contributed by atoms with van der Waals surface area (Å²) < 4.78 is 4.54. The molecule has 11 heavy (non-hydrogen) atoms. The lowest BCUT2D eigenvalue weighted by Crippen LogP contribution is -2.18. The lowest BCUT2D eigenvalue weighted by Gasteiger charge is -2.04. The van der Waals surface area contributed by atoms with Crippen molar-refractivity contribution >= 4 is 17.2 Å². The van der Waals surface area contributed by atoms with E-state index in [1.165, 1.54) is 0 Å².